The van der Waals surface area contributed by atoms with Gasteiger partial charge in [0.1, 0.15) is 6.26 Å². The van der Waals surface area contributed by atoms with Crippen LogP contribution in [-0.2, 0) is 19.3 Å². The average molecular weight is 303 g/mol. The van der Waals surface area contributed by atoms with E-state index >= 15 is 0 Å². The van der Waals surface area contributed by atoms with Crippen LogP contribution in [0, 0.1) is 0 Å². The van der Waals surface area contributed by atoms with Crippen LogP contribution in [0.4, 0.5) is 19.2 Å². The van der Waals surface area contributed by atoms with Crippen LogP contribution in [0.3, 0.4) is 0 Å². The maximum atomic E-state index is 12.7. The van der Waals surface area contributed by atoms with Crippen LogP contribution in [0.5, 0.6) is 0 Å². The molecule has 112 valence electrons. The summed E-state index contributed by atoms with van der Waals surface area (Å²) in [5, 5.41) is 15.4. The Morgan fingerprint density at radius 3 is 2.71 bits per heavy atom. The molecule has 1 aliphatic heterocycles. The lowest BCUT2D eigenvalue weighted by Crippen LogP contribution is -2.35. The predicted molar refractivity (Wildman–Crippen MR) is 59.5 cm³/mol. The smallest absolute Gasteiger partial charge is 0.451 e. The van der Waals surface area contributed by atoms with Crippen molar-refractivity contribution in [2.75, 3.05) is 11.4 Å². The summed E-state index contributed by atoms with van der Waals surface area (Å²) in [6, 6.07) is 0.0233. The van der Waals surface area contributed by atoms with E-state index in [-0.39, 0.29) is 37.2 Å². The third kappa shape index (κ3) is 2.30. The summed E-state index contributed by atoms with van der Waals surface area (Å²) >= 11 is 0. The van der Waals surface area contributed by atoms with Gasteiger partial charge in [-0.1, -0.05) is 0 Å². The molecule has 11 heteroatoms. The van der Waals surface area contributed by atoms with Crippen LogP contribution in [0.1, 0.15) is 22.1 Å². The first-order valence-corrected chi connectivity index (χ1v) is 5.79. The number of aromatic carboxylic acids is 1. The minimum Gasteiger partial charge on any atom is -0.476 e. The van der Waals surface area contributed by atoms with Gasteiger partial charge >= 0.3 is 12.1 Å². The predicted octanol–water partition coefficient (Wildman–Crippen LogP) is 1.00. The molecular weight excluding hydrogens is 295 g/mol. The monoisotopic (exact) mass is 303 g/mol. The van der Waals surface area contributed by atoms with Crippen LogP contribution in [-0.4, -0.2) is 37.4 Å². The molecule has 0 saturated carbocycles. The topological polar surface area (TPSA) is 97.3 Å². The molecule has 0 saturated heterocycles. The highest BCUT2D eigenvalue weighted by Gasteiger charge is 2.39. The number of hydrogen-bond donors (Lipinski definition) is 1. The van der Waals surface area contributed by atoms with Crippen molar-refractivity contribution in [3.63, 3.8) is 0 Å². The number of carboxylic acid groups (broad SMARTS) is 1. The highest BCUT2D eigenvalue weighted by Crippen LogP contribution is 2.30. The minimum atomic E-state index is -4.56. The highest BCUT2D eigenvalue weighted by atomic mass is 19.4. The number of aromatic nitrogens is 4. The number of rotatable bonds is 2. The molecule has 0 aromatic carbocycles. The van der Waals surface area contributed by atoms with E-state index in [1.165, 1.54) is 4.90 Å². The van der Waals surface area contributed by atoms with E-state index in [4.69, 9.17) is 9.52 Å². The van der Waals surface area contributed by atoms with E-state index in [1.54, 1.807) is 0 Å². The second-order valence-electron chi connectivity index (χ2n) is 4.33. The lowest BCUT2D eigenvalue weighted by molar-refractivity contribution is -0.147. The Morgan fingerprint density at radius 1 is 1.33 bits per heavy atom. The first-order valence-electron chi connectivity index (χ1n) is 5.79. The second kappa shape index (κ2) is 4.46. The summed E-state index contributed by atoms with van der Waals surface area (Å²) in [6.07, 6.45) is -3.59. The zero-order chi connectivity index (χ0) is 15.2. The molecule has 0 aliphatic carbocycles. The van der Waals surface area contributed by atoms with Gasteiger partial charge in [0.25, 0.3) is 6.01 Å². The van der Waals surface area contributed by atoms with Crippen molar-refractivity contribution >= 4 is 12.0 Å². The fourth-order valence-electron chi connectivity index (χ4n) is 2.04. The van der Waals surface area contributed by atoms with Crippen molar-refractivity contribution in [3.8, 4) is 0 Å². The van der Waals surface area contributed by atoms with Gasteiger partial charge in [0, 0.05) is 13.1 Å². The van der Waals surface area contributed by atoms with Gasteiger partial charge in [-0.05, 0) is 0 Å². The number of carbonyl (C=O) groups is 1. The molecule has 0 unspecified atom stereocenters. The van der Waals surface area contributed by atoms with Crippen molar-refractivity contribution in [3.05, 3.63) is 23.6 Å². The summed E-state index contributed by atoms with van der Waals surface area (Å²) in [5.74, 6) is -2.18. The number of hydrogen-bond acceptors (Lipinski definition) is 6. The standard InChI is InChI=1S/C10H8F3N5O3/c11-10(12,13)8-16-15-6-3-17(1-2-18(6)8)9-14-5(4-21-9)7(19)20/h4H,1-3H2,(H,19,20). The molecule has 1 N–H and O–H groups in total. The Hall–Kier alpha value is -2.59. The van der Waals surface area contributed by atoms with Gasteiger partial charge < -0.3 is 19.0 Å². The van der Waals surface area contributed by atoms with Crippen molar-refractivity contribution in [2.24, 2.45) is 0 Å². The summed E-state index contributed by atoms with van der Waals surface area (Å²) in [4.78, 5) is 16.0. The molecule has 1 aliphatic rings. The van der Waals surface area contributed by atoms with Crippen molar-refractivity contribution in [1.82, 2.24) is 19.7 Å². The van der Waals surface area contributed by atoms with E-state index in [0.717, 1.165) is 10.8 Å². The quantitative estimate of drug-likeness (QED) is 0.884. The average Bonchev–Trinajstić information content (AvgIpc) is 3.04. The van der Waals surface area contributed by atoms with Crippen molar-refractivity contribution in [1.29, 1.82) is 0 Å². The molecular formula is C10H8F3N5O3. The van der Waals surface area contributed by atoms with Crippen molar-refractivity contribution in [2.45, 2.75) is 19.3 Å². The molecule has 3 rings (SSSR count). The van der Waals surface area contributed by atoms with E-state index in [9.17, 15) is 18.0 Å². The number of fused-ring (bicyclic) bond motifs is 1. The van der Waals surface area contributed by atoms with Gasteiger partial charge in [-0.15, -0.1) is 10.2 Å². The number of anilines is 1. The lowest BCUT2D eigenvalue weighted by atomic mass is 10.3. The van der Waals surface area contributed by atoms with Crippen LogP contribution in [0.15, 0.2) is 10.7 Å². The van der Waals surface area contributed by atoms with E-state index < -0.39 is 18.0 Å². The highest BCUT2D eigenvalue weighted by molar-refractivity contribution is 5.85. The fourth-order valence-corrected chi connectivity index (χ4v) is 2.04. The second-order valence-corrected chi connectivity index (χ2v) is 4.33. The molecule has 0 amide bonds. The zero-order valence-electron chi connectivity index (χ0n) is 10.3. The fraction of sp³-hybridized carbons (Fsp3) is 0.400. The zero-order valence-corrected chi connectivity index (χ0v) is 10.3. The SMILES string of the molecule is O=C(O)c1coc(N2CCn3c(nnc3C(F)(F)F)C2)n1. The van der Waals surface area contributed by atoms with Gasteiger partial charge in [0.2, 0.25) is 5.82 Å². The third-order valence-corrected chi connectivity index (χ3v) is 2.99. The Labute approximate surface area is 114 Å². The van der Waals surface area contributed by atoms with E-state index in [2.05, 4.69) is 15.2 Å². The number of halogens is 3. The number of nitrogens with zero attached hydrogens (tertiary/aromatic N) is 5. The maximum Gasteiger partial charge on any atom is 0.451 e. The van der Waals surface area contributed by atoms with Crippen LogP contribution in [0.25, 0.3) is 0 Å². The molecule has 21 heavy (non-hydrogen) atoms. The molecule has 2 aromatic rings. The number of alkyl halides is 3. The Balaban J connectivity index is 1.85. The Kier molecular flexibility index (Phi) is 2.85. The first-order chi connectivity index (χ1) is 9.86. The van der Waals surface area contributed by atoms with Crippen LogP contribution < -0.4 is 4.90 Å². The molecule has 3 heterocycles. The summed E-state index contributed by atoms with van der Waals surface area (Å²) in [7, 11) is 0. The summed E-state index contributed by atoms with van der Waals surface area (Å²) in [5.41, 5.74) is -0.270. The van der Waals surface area contributed by atoms with Gasteiger partial charge in [0.15, 0.2) is 11.5 Å². The summed E-state index contributed by atoms with van der Waals surface area (Å²) in [6.45, 7) is 0.179. The lowest BCUT2D eigenvalue weighted by Gasteiger charge is -2.26. The van der Waals surface area contributed by atoms with E-state index in [0.29, 0.717) is 0 Å². The third-order valence-electron chi connectivity index (χ3n) is 2.99. The van der Waals surface area contributed by atoms with Crippen molar-refractivity contribution < 1.29 is 27.5 Å². The Morgan fingerprint density at radius 2 is 2.10 bits per heavy atom. The van der Waals surface area contributed by atoms with E-state index in [1.807, 2.05) is 0 Å². The molecule has 2 aromatic heterocycles. The van der Waals surface area contributed by atoms with Gasteiger partial charge in [-0.25, -0.2) is 4.79 Å². The van der Waals surface area contributed by atoms with Gasteiger partial charge in [-0.2, -0.15) is 18.2 Å². The first kappa shape index (κ1) is 13.4. The van der Waals surface area contributed by atoms with Gasteiger partial charge in [0.05, 0.1) is 6.54 Å². The number of carboxylic acids is 1. The van der Waals surface area contributed by atoms with Crippen LogP contribution in [0.2, 0.25) is 0 Å². The maximum absolute atomic E-state index is 12.7. The molecule has 0 spiro atoms. The molecule has 0 atom stereocenters. The molecule has 0 fully saturated rings. The Bertz CT molecular complexity index is 692. The normalized spacial score (nSPS) is 15.1. The largest absolute Gasteiger partial charge is 0.476 e. The van der Waals surface area contributed by atoms with Crippen LogP contribution >= 0.6 is 0 Å². The molecule has 8 nitrogen and oxygen atoms in total. The summed E-state index contributed by atoms with van der Waals surface area (Å²) < 4.78 is 44.1. The van der Waals surface area contributed by atoms with Gasteiger partial charge in [-0.3, -0.25) is 0 Å². The minimum absolute atomic E-state index is 0.00195. The molecule has 0 bridgehead atoms. The number of oxazole rings is 1. The molecule has 0 radical (unpaired) electrons.